The molecule has 2 amide bonds. The zero-order chi connectivity index (χ0) is 17.8. The summed E-state index contributed by atoms with van der Waals surface area (Å²) in [5, 5.41) is 10.5. The number of urea groups is 1. The maximum absolute atomic E-state index is 13.2. The van der Waals surface area contributed by atoms with E-state index < -0.39 is 11.6 Å². The van der Waals surface area contributed by atoms with E-state index in [9.17, 15) is 13.6 Å². The van der Waals surface area contributed by atoms with Crippen molar-refractivity contribution in [1.82, 2.24) is 15.1 Å². The van der Waals surface area contributed by atoms with Gasteiger partial charge in [0, 0.05) is 44.1 Å². The number of carbonyl (C=O) groups excluding carboxylic acids is 1. The zero-order valence-electron chi connectivity index (χ0n) is 13.8. The molecule has 3 rings (SSSR count). The lowest BCUT2D eigenvalue weighted by molar-refractivity contribution is 0.194. The van der Waals surface area contributed by atoms with Crippen LogP contribution in [0.4, 0.5) is 25.1 Å². The van der Waals surface area contributed by atoms with Crippen LogP contribution in [0.3, 0.4) is 0 Å². The Morgan fingerprint density at radius 1 is 1.24 bits per heavy atom. The Kier molecular flexibility index (Phi) is 5.06. The van der Waals surface area contributed by atoms with Crippen LogP contribution in [0.2, 0.25) is 0 Å². The summed E-state index contributed by atoms with van der Waals surface area (Å²) in [5.74, 6) is -0.653. The number of hydrogen-bond acceptors (Lipinski definition) is 4. The molecule has 1 aromatic heterocycles. The van der Waals surface area contributed by atoms with Crippen LogP contribution in [-0.2, 0) is 0 Å². The number of halogens is 2. The highest BCUT2D eigenvalue weighted by atomic mass is 19.1. The normalized spacial score (nSPS) is 15.1. The predicted octanol–water partition coefficient (Wildman–Crippen LogP) is 2.89. The summed E-state index contributed by atoms with van der Waals surface area (Å²) in [7, 11) is 1.96. The first-order valence-corrected chi connectivity index (χ1v) is 8.05. The summed E-state index contributed by atoms with van der Waals surface area (Å²) in [6.07, 6.45) is 3.18. The number of likely N-dealkylation sites (tertiary alicyclic amines) is 1. The molecule has 25 heavy (non-hydrogen) atoms. The highest BCUT2D eigenvalue weighted by Crippen LogP contribution is 2.21. The molecular formula is C17H19F2N5O. The van der Waals surface area contributed by atoms with Crippen LogP contribution in [0.1, 0.15) is 12.8 Å². The number of nitrogens with zero attached hydrogens (tertiary/aromatic N) is 4. The standard InChI is InChI=1S/C17H19F2N5O/c1-23(16-3-2-6-20-22-16)15-4-7-24(8-5-15)17(25)21-14-10-12(18)9-13(19)11-14/h2-3,6,9-11,15H,4-5,7-8H2,1H3,(H,21,25). The minimum atomic E-state index is -0.723. The third kappa shape index (κ3) is 4.20. The molecule has 1 aliphatic heterocycles. The fourth-order valence-corrected chi connectivity index (χ4v) is 2.95. The van der Waals surface area contributed by atoms with Crippen LogP contribution >= 0.6 is 0 Å². The molecule has 1 fully saturated rings. The minimum absolute atomic E-state index is 0.112. The lowest BCUT2D eigenvalue weighted by Gasteiger charge is -2.37. The summed E-state index contributed by atoms with van der Waals surface area (Å²) in [5.41, 5.74) is 0.112. The van der Waals surface area contributed by atoms with Crippen molar-refractivity contribution in [2.45, 2.75) is 18.9 Å². The highest BCUT2D eigenvalue weighted by Gasteiger charge is 2.26. The maximum atomic E-state index is 13.2. The van der Waals surface area contributed by atoms with Crippen molar-refractivity contribution < 1.29 is 13.6 Å². The number of aromatic nitrogens is 2. The van der Waals surface area contributed by atoms with Crippen LogP contribution in [0, 0.1) is 11.6 Å². The van der Waals surface area contributed by atoms with E-state index in [0.29, 0.717) is 13.1 Å². The van der Waals surface area contributed by atoms with Crippen LogP contribution in [0.5, 0.6) is 0 Å². The topological polar surface area (TPSA) is 61.4 Å². The summed E-state index contributed by atoms with van der Waals surface area (Å²) in [4.78, 5) is 16.0. The third-order valence-corrected chi connectivity index (χ3v) is 4.33. The Balaban J connectivity index is 1.55. The summed E-state index contributed by atoms with van der Waals surface area (Å²) in [6.45, 7) is 1.11. The largest absolute Gasteiger partial charge is 0.355 e. The van der Waals surface area contributed by atoms with Gasteiger partial charge in [0.05, 0.1) is 0 Å². The molecule has 2 heterocycles. The Hall–Kier alpha value is -2.77. The van der Waals surface area contributed by atoms with Crippen LogP contribution < -0.4 is 10.2 Å². The number of amides is 2. The van der Waals surface area contributed by atoms with E-state index in [-0.39, 0.29) is 17.8 Å². The van der Waals surface area contributed by atoms with Crippen molar-refractivity contribution in [3.05, 3.63) is 48.2 Å². The fourth-order valence-electron chi connectivity index (χ4n) is 2.95. The van der Waals surface area contributed by atoms with Gasteiger partial charge in [-0.15, -0.1) is 5.10 Å². The lowest BCUT2D eigenvalue weighted by Crippen LogP contribution is -2.47. The van der Waals surface area contributed by atoms with Gasteiger partial charge in [-0.3, -0.25) is 0 Å². The second-order valence-electron chi connectivity index (χ2n) is 6.00. The molecule has 132 valence electrons. The number of nitrogens with one attached hydrogen (secondary N) is 1. The van der Waals surface area contributed by atoms with Gasteiger partial charge < -0.3 is 15.1 Å². The molecule has 0 aliphatic carbocycles. The smallest absolute Gasteiger partial charge is 0.321 e. The second-order valence-corrected chi connectivity index (χ2v) is 6.00. The SMILES string of the molecule is CN(c1cccnn1)C1CCN(C(=O)Nc2cc(F)cc(F)c2)CC1. The van der Waals surface area contributed by atoms with Gasteiger partial charge in [-0.2, -0.15) is 5.10 Å². The maximum Gasteiger partial charge on any atom is 0.321 e. The molecule has 6 nitrogen and oxygen atoms in total. The average Bonchev–Trinajstić information content (AvgIpc) is 2.61. The van der Waals surface area contributed by atoms with E-state index in [1.54, 1.807) is 11.1 Å². The zero-order valence-corrected chi connectivity index (χ0v) is 13.8. The fraction of sp³-hybridized carbons (Fsp3) is 0.353. The number of rotatable bonds is 3. The number of anilines is 2. The molecule has 1 N–H and O–H groups in total. The Bertz CT molecular complexity index is 715. The van der Waals surface area contributed by atoms with Crippen molar-refractivity contribution in [3.8, 4) is 0 Å². The number of benzene rings is 1. The molecule has 0 radical (unpaired) electrons. The molecule has 0 saturated carbocycles. The van der Waals surface area contributed by atoms with Gasteiger partial charge in [0.2, 0.25) is 0 Å². The molecule has 0 spiro atoms. The van der Waals surface area contributed by atoms with Gasteiger partial charge in [-0.1, -0.05) is 0 Å². The van der Waals surface area contributed by atoms with E-state index in [1.165, 1.54) is 0 Å². The van der Waals surface area contributed by atoms with Crippen molar-refractivity contribution in [2.24, 2.45) is 0 Å². The molecule has 0 bridgehead atoms. The average molecular weight is 347 g/mol. The Labute approximate surface area is 144 Å². The molecule has 0 atom stereocenters. The van der Waals surface area contributed by atoms with Crippen LogP contribution in [-0.4, -0.2) is 47.3 Å². The molecule has 1 saturated heterocycles. The van der Waals surface area contributed by atoms with Gasteiger partial charge in [-0.25, -0.2) is 13.6 Å². The molecule has 1 aliphatic rings. The first kappa shape index (κ1) is 17.1. The van der Waals surface area contributed by atoms with Crippen molar-refractivity contribution in [3.63, 3.8) is 0 Å². The van der Waals surface area contributed by atoms with Gasteiger partial charge in [0.1, 0.15) is 11.6 Å². The van der Waals surface area contributed by atoms with E-state index in [4.69, 9.17) is 0 Å². The van der Waals surface area contributed by atoms with E-state index in [0.717, 1.165) is 36.9 Å². The lowest BCUT2D eigenvalue weighted by atomic mass is 10.0. The minimum Gasteiger partial charge on any atom is -0.355 e. The molecular weight excluding hydrogens is 328 g/mol. The van der Waals surface area contributed by atoms with Crippen molar-refractivity contribution in [1.29, 1.82) is 0 Å². The van der Waals surface area contributed by atoms with E-state index >= 15 is 0 Å². The Morgan fingerprint density at radius 2 is 1.92 bits per heavy atom. The van der Waals surface area contributed by atoms with Crippen molar-refractivity contribution >= 4 is 17.5 Å². The second kappa shape index (κ2) is 7.42. The number of piperidine rings is 1. The van der Waals surface area contributed by atoms with Gasteiger partial charge in [-0.05, 0) is 37.1 Å². The van der Waals surface area contributed by atoms with Gasteiger partial charge in [0.25, 0.3) is 0 Å². The van der Waals surface area contributed by atoms with E-state index in [2.05, 4.69) is 20.4 Å². The number of carbonyl (C=O) groups is 1. The number of hydrogen-bond donors (Lipinski definition) is 1. The summed E-state index contributed by atoms with van der Waals surface area (Å²) in [6, 6.07) is 6.58. The van der Waals surface area contributed by atoms with Gasteiger partial charge >= 0.3 is 6.03 Å². The molecule has 2 aromatic rings. The highest BCUT2D eigenvalue weighted by molar-refractivity contribution is 5.89. The first-order valence-electron chi connectivity index (χ1n) is 8.05. The summed E-state index contributed by atoms with van der Waals surface area (Å²) < 4.78 is 26.4. The van der Waals surface area contributed by atoms with Crippen LogP contribution in [0.15, 0.2) is 36.5 Å². The molecule has 1 aromatic carbocycles. The molecule has 8 heteroatoms. The Morgan fingerprint density at radius 3 is 2.52 bits per heavy atom. The van der Waals surface area contributed by atoms with Crippen LogP contribution in [0.25, 0.3) is 0 Å². The monoisotopic (exact) mass is 347 g/mol. The summed E-state index contributed by atoms with van der Waals surface area (Å²) >= 11 is 0. The molecule has 0 unspecified atom stereocenters. The van der Waals surface area contributed by atoms with Crippen molar-refractivity contribution in [2.75, 3.05) is 30.4 Å². The third-order valence-electron chi connectivity index (χ3n) is 4.33. The predicted molar refractivity (Wildman–Crippen MR) is 90.4 cm³/mol. The quantitative estimate of drug-likeness (QED) is 0.927. The first-order chi connectivity index (χ1) is 12.0. The van der Waals surface area contributed by atoms with E-state index in [1.807, 2.05) is 19.2 Å². The van der Waals surface area contributed by atoms with Gasteiger partial charge in [0.15, 0.2) is 5.82 Å².